The van der Waals surface area contributed by atoms with Crippen LogP contribution in [0.1, 0.15) is 39.9 Å². The van der Waals surface area contributed by atoms with Crippen molar-refractivity contribution in [3.05, 3.63) is 12.2 Å². The number of carboxylic acid groups (broad SMARTS) is 1. The molecule has 1 atom stereocenters. The molecule has 0 fully saturated rings. The first-order valence-corrected chi connectivity index (χ1v) is 5.95. The standard InChI is InChI=1S/C12H21N3O2/c1-5-6-15-10(13-8-14-15)7-9(11(16)17)12(2,3)4/h8-9H,5-7H2,1-4H3,(H,16,17). The van der Waals surface area contributed by atoms with Crippen molar-refractivity contribution >= 4 is 5.97 Å². The Kier molecular flexibility index (Phi) is 4.26. The van der Waals surface area contributed by atoms with E-state index in [1.807, 2.05) is 20.8 Å². The quantitative estimate of drug-likeness (QED) is 0.853. The maximum atomic E-state index is 11.3. The highest BCUT2D eigenvalue weighted by Crippen LogP contribution is 2.28. The second-order valence-electron chi connectivity index (χ2n) is 5.36. The van der Waals surface area contributed by atoms with Crippen molar-refractivity contribution in [1.82, 2.24) is 14.8 Å². The molecule has 0 saturated heterocycles. The molecular formula is C12H21N3O2. The lowest BCUT2D eigenvalue weighted by atomic mass is 9.78. The van der Waals surface area contributed by atoms with Crippen LogP contribution >= 0.6 is 0 Å². The van der Waals surface area contributed by atoms with Crippen molar-refractivity contribution in [3.8, 4) is 0 Å². The van der Waals surface area contributed by atoms with Gasteiger partial charge in [-0.05, 0) is 11.8 Å². The number of aromatic nitrogens is 3. The van der Waals surface area contributed by atoms with Crippen LogP contribution in [0, 0.1) is 11.3 Å². The number of aryl methyl sites for hydroxylation is 1. The van der Waals surface area contributed by atoms with E-state index in [1.54, 1.807) is 4.68 Å². The molecule has 0 aliphatic rings. The molecular weight excluding hydrogens is 218 g/mol. The average molecular weight is 239 g/mol. The van der Waals surface area contributed by atoms with Crippen molar-refractivity contribution in [3.63, 3.8) is 0 Å². The van der Waals surface area contributed by atoms with E-state index < -0.39 is 11.9 Å². The Balaban J connectivity index is 2.87. The van der Waals surface area contributed by atoms with Crippen molar-refractivity contribution < 1.29 is 9.90 Å². The third-order valence-corrected chi connectivity index (χ3v) is 2.86. The summed E-state index contributed by atoms with van der Waals surface area (Å²) in [6.07, 6.45) is 2.88. The van der Waals surface area contributed by atoms with E-state index in [-0.39, 0.29) is 5.41 Å². The van der Waals surface area contributed by atoms with Crippen LogP contribution in [0.2, 0.25) is 0 Å². The predicted octanol–water partition coefficient (Wildman–Crippen LogP) is 1.98. The van der Waals surface area contributed by atoms with Crippen LogP contribution in [0.3, 0.4) is 0 Å². The lowest BCUT2D eigenvalue weighted by molar-refractivity contribution is -0.145. The Morgan fingerprint density at radius 1 is 1.53 bits per heavy atom. The first-order chi connectivity index (χ1) is 7.86. The van der Waals surface area contributed by atoms with Gasteiger partial charge in [-0.2, -0.15) is 5.10 Å². The van der Waals surface area contributed by atoms with Crippen LogP contribution < -0.4 is 0 Å². The fourth-order valence-electron chi connectivity index (χ4n) is 1.79. The van der Waals surface area contributed by atoms with Gasteiger partial charge in [0, 0.05) is 13.0 Å². The predicted molar refractivity (Wildman–Crippen MR) is 64.6 cm³/mol. The summed E-state index contributed by atoms with van der Waals surface area (Å²) in [5.74, 6) is -0.458. The van der Waals surface area contributed by atoms with Gasteiger partial charge in [0.2, 0.25) is 0 Å². The SMILES string of the molecule is CCCn1ncnc1CC(C(=O)O)C(C)(C)C. The third kappa shape index (κ3) is 3.54. The van der Waals surface area contributed by atoms with Crippen LogP contribution in [-0.4, -0.2) is 25.8 Å². The second kappa shape index (κ2) is 5.29. The highest BCUT2D eigenvalue weighted by atomic mass is 16.4. The molecule has 0 saturated carbocycles. The van der Waals surface area contributed by atoms with Crippen molar-refractivity contribution in [1.29, 1.82) is 0 Å². The minimum atomic E-state index is -0.774. The molecule has 1 aromatic rings. The molecule has 0 spiro atoms. The van der Waals surface area contributed by atoms with Crippen molar-refractivity contribution in [2.24, 2.45) is 11.3 Å². The zero-order chi connectivity index (χ0) is 13.1. The molecule has 5 nitrogen and oxygen atoms in total. The van der Waals surface area contributed by atoms with Gasteiger partial charge in [-0.15, -0.1) is 0 Å². The van der Waals surface area contributed by atoms with Gasteiger partial charge in [0.25, 0.3) is 0 Å². The molecule has 0 aliphatic carbocycles. The van der Waals surface area contributed by atoms with E-state index in [1.165, 1.54) is 6.33 Å². The maximum absolute atomic E-state index is 11.3. The summed E-state index contributed by atoms with van der Waals surface area (Å²) in [7, 11) is 0. The number of carbonyl (C=O) groups is 1. The molecule has 1 unspecified atom stereocenters. The summed E-state index contributed by atoms with van der Waals surface area (Å²) in [6.45, 7) is 8.65. The van der Waals surface area contributed by atoms with E-state index >= 15 is 0 Å². The van der Waals surface area contributed by atoms with Gasteiger partial charge in [-0.3, -0.25) is 9.48 Å². The number of hydrogen-bond acceptors (Lipinski definition) is 3. The average Bonchev–Trinajstić information content (AvgIpc) is 2.60. The zero-order valence-electron chi connectivity index (χ0n) is 11.0. The van der Waals surface area contributed by atoms with Crippen LogP contribution in [0.4, 0.5) is 0 Å². The van der Waals surface area contributed by atoms with Crippen molar-refractivity contribution in [2.45, 2.75) is 47.1 Å². The van der Waals surface area contributed by atoms with E-state index in [2.05, 4.69) is 17.0 Å². The Morgan fingerprint density at radius 2 is 2.18 bits per heavy atom. The van der Waals surface area contributed by atoms with Gasteiger partial charge in [0.05, 0.1) is 5.92 Å². The topological polar surface area (TPSA) is 68.0 Å². The van der Waals surface area contributed by atoms with Crippen molar-refractivity contribution in [2.75, 3.05) is 0 Å². The van der Waals surface area contributed by atoms with Crippen LogP contribution in [0.5, 0.6) is 0 Å². The summed E-state index contributed by atoms with van der Waals surface area (Å²) in [5.41, 5.74) is -0.283. The number of carboxylic acids is 1. The highest BCUT2D eigenvalue weighted by molar-refractivity contribution is 5.71. The molecule has 0 radical (unpaired) electrons. The van der Waals surface area contributed by atoms with E-state index in [9.17, 15) is 9.90 Å². The Bertz CT molecular complexity index is 379. The third-order valence-electron chi connectivity index (χ3n) is 2.86. The molecule has 1 N–H and O–H groups in total. The molecule has 1 heterocycles. The summed E-state index contributed by atoms with van der Waals surface area (Å²) >= 11 is 0. The minimum Gasteiger partial charge on any atom is -0.481 e. The summed E-state index contributed by atoms with van der Waals surface area (Å²) in [6, 6.07) is 0. The fraction of sp³-hybridized carbons (Fsp3) is 0.750. The Hall–Kier alpha value is -1.39. The van der Waals surface area contributed by atoms with Crippen LogP contribution in [-0.2, 0) is 17.8 Å². The Labute approximate surface area is 102 Å². The highest BCUT2D eigenvalue weighted by Gasteiger charge is 2.32. The van der Waals surface area contributed by atoms with Gasteiger partial charge < -0.3 is 5.11 Å². The lowest BCUT2D eigenvalue weighted by Gasteiger charge is -2.26. The zero-order valence-corrected chi connectivity index (χ0v) is 11.0. The molecule has 17 heavy (non-hydrogen) atoms. The van der Waals surface area contributed by atoms with Gasteiger partial charge in [0.1, 0.15) is 12.2 Å². The first kappa shape index (κ1) is 13.7. The smallest absolute Gasteiger partial charge is 0.307 e. The van der Waals surface area contributed by atoms with Crippen LogP contribution in [0.15, 0.2) is 6.33 Å². The maximum Gasteiger partial charge on any atom is 0.307 e. The molecule has 0 aliphatic heterocycles. The molecule has 0 aromatic carbocycles. The number of hydrogen-bond donors (Lipinski definition) is 1. The number of rotatable bonds is 5. The summed E-state index contributed by atoms with van der Waals surface area (Å²) < 4.78 is 1.79. The lowest BCUT2D eigenvalue weighted by Crippen LogP contribution is -2.31. The van der Waals surface area contributed by atoms with E-state index in [4.69, 9.17) is 0 Å². The molecule has 5 heteroatoms. The minimum absolute atomic E-state index is 0.283. The molecule has 1 aromatic heterocycles. The number of nitrogens with zero attached hydrogens (tertiary/aromatic N) is 3. The van der Waals surface area contributed by atoms with Gasteiger partial charge in [-0.25, -0.2) is 4.98 Å². The summed E-state index contributed by atoms with van der Waals surface area (Å²) in [4.78, 5) is 15.4. The molecule has 1 rings (SSSR count). The largest absolute Gasteiger partial charge is 0.481 e. The van der Waals surface area contributed by atoms with Crippen LogP contribution in [0.25, 0.3) is 0 Å². The normalized spacial score (nSPS) is 13.6. The monoisotopic (exact) mass is 239 g/mol. The van der Waals surface area contributed by atoms with Gasteiger partial charge >= 0.3 is 5.97 Å². The van der Waals surface area contributed by atoms with E-state index in [0.29, 0.717) is 6.42 Å². The molecule has 0 amide bonds. The van der Waals surface area contributed by atoms with E-state index in [0.717, 1.165) is 18.8 Å². The first-order valence-electron chi connectivity index (χ1n) is 5.95. The van der Waals surface area contributed by atoms with Gasteiger partial charge in [0.15, 0.2) is 0 Å². The molecule has 96 valence electrons. The fourth-order valence-corrected chi connectivity index (χ4v) is 1.79. The molecule has 0 bridgehead atoms. The second-order valence-corrected chi connectivity index (χ2v) is 5.36. The summed E-state index contributed by atoms with van der Waals surface area (Å²) in [5, 5.41) is 13.4. The number of aliphatic carboxylic acids is 1. The Morgan fingerprint density at radius 3 is 2.65 bits per heavy atom. The van der Waals surface area contributed by atoms with Gasteiger partial charge in [-0.1, -0.05) is 27.7 Å².